The molecule has 0 spiro atoms. The highest BCUT2D eigenvalue weighted by molar-refractivity contribution is 5.92. The maximum absolute atomic E-state index is 11.8. The first-order chi connectivity index (χ1) is 11.1. The average Bonchev–Trinajstić information content (AvgIpc) is 2.54. The van der Waals surface area contributed by atoms with Crippen molar-refractivity contribution < 1.29 is 9.53 Å². The van der Waals surface area contributed by atoms with Crippen LogP contribution in [0.2, 0.25) is 0 Å². The quantitative estimate of drug-likeness (QED) is 0.817. The standard InChI is InChI=1S/C18H23N3O2/c1-4-11-19-18(22)16-10-9-14(12-20-16)21-15-7-5-6-8-17(15)23-13(2)3/h5-10,12-13,21H,4,11H2,1-3H3,(H,19,22). The van der Waals surface area contributed by atoms with E-state index in [1.54, 1.807) is 12.3 Å². The highest BCUT2D eigenvalue weighted by atomic mass is 16.5. The van der Waals surface area contributed by atoms with Crippen molar-refractivity contribution in [3.8, 4) is 5.75 Å². The van der Waals surface area contributed by atoms with Crippen LogP contribution in [0.4, 0.5) is 11.4 Å². The zero-order valence-corrected chi connectivity index (χ0v) is 13.8. The predicted molar refractivity (Wildman–Crippen MR) is 92.3 cm³/mol. The summed E-state index contributed by atoms with van der Waals surface area (Å²) >= 11 is 0. The molecule has 2 rings (SSSR count). The van der Waals surface area contributed by atoms with Gasteiger partial charge < -0.3 is 15.4 Å². The number of nitrogens with zero attached hydrogens (tertiary/aromatic N) is 1. The normalized spacial score (nSPS) is 10.4. The van der Waals surface area contributed by atoms with Crippen LogP contribution in [0.5, 0.6) is 5.75 Å². The summed E-state index contributed by atoms with van der Waals surface area (Å²) < 4.78 is 5.78. The number of carbonyl (C=O) groups is 1. The number of para-hydroxylation sites is 2. The Hall–Kier alpha value is -2.56. The molecule has 0 fully saturated rings. The van der Waals surface area contributed by atoms with Crippen LogP contribution in [0.15, 0.2) is 42.6 Å². The molecule has 1 amide bonds. The third-order valence-electron chi connectivity index (χ3n) is 3.06. The van der Waals surface area contributed by atoms with Crippen molar-refractivity contribution in [3.63, 3.8) is 0 Å². The number of amides is 1. The molecule has 0 aliphatic heterocycles. The van der Waals surface area contributed by atoms with Gasteiger partial charge in [-0.15, -0.1) is 0 Å². The average molecular weight is 313 g/mol. The highest BCUT2D eigenvalue weighted by Gasteiger charge is 2.08. The van der Waals surface area contributed by atoms with Crippen molar-refractivity contribution in [1.29, 1.82) is 0 Å². The molecule has 0 unspecified atom stereocenters. The van der Waals surface area contributed by atoms with Gasteiger partial charge in [-0.05, 0) is 44.5 Å². The van der Waals surface area contributed by atoms with Crippen LogP contribution in [0.25, 0.3) is 0 Å². The number of carbonyl (C=O) groups excluding carboxylic acids is 1. The third-order valence-corrected chi connectivity index (χ3v) is 3.06. The molecule has 0 aliphatic carbocycles. The van der Waals surface area contributed by atoms with Gasteiger partial charge in [0.25, 0.3) is 5.91 Å². The van der Waals surface area contributed by atoms with Crippen molar-refractivity contribution >= 4 is 17.3 Å². The minimum atomic E-state index is -0.151. The molecular weight excluding hydrogens is 290 g/mol. The fourth-order valence-corrected chi connectivity index (χ4v) is 2.01. The number of anilines is 2. The van der Waals surface area contributed by atoms with Gasteiger partial charge in [-0.2, -0.15) is 0 Å². The lowest BCUT2D eigenvalue weighted by molar-refractivity contribution is 0.0948. The van der Waals surface area contributed by atoms with Gasteiger partial charge in [0.05, 0.1) is 23.7 Å². The van der Waals surface area contributed by atoms with E-state index in [-0.39, 0.29) is 12.0 Å². The molecule has 0 aliphatic rings. The molecular formula is C18H23N3O2. The molecule has 122 valence electrons. The summed E-state index contributed by atoms with van der Waals surface area (Å²) in [6, 6.07) is 11.3. The Labute approximate surface area is 137 Å². The van der Waals surface area contributed by atoms with Crippen molar-refractivity contribution in [2.24, 2.45) is 0 Å². The van der Waals surface area contributed by atoms with E-state index in [9.17, 15) is 4.79 Å². The van der Waals surface area contributed by atoms with Gasteiger partial charge in [-0.3, -0.25) is 4.79 Å². The van der Waals surface area contributed by atoms with Gasteiger partial charge in [-0.1, -0.05) is 19.1 Å². The summed E-state index contributed by atoms with van der Waals surface area (Å²) in [4.78, 5) is 16.0. The van der Waals surface area contributed by atoms with Crippen LogP contribution in [-0.2, 0) is 0 Å². The first kappa shape index (κ1) is 16.8. The van der Waals surface area contributed by atoms with Crippen molar-refractivity contribution in [3.05, 3.63) is 48.3 Å². The molecule has 0 bridgehead atoms. The smallest absolute Gasteiger partial charge is 0.269 e. The number of hydrogen-bond acceptors (Lipinski definition) is 4. The third kappa shape index (κ3) is 4.98. The van der Waals surface area contributed by atoms with Crippen molar-refractivity contribution in [2.45, 2.75) is 33.3 Å². The summed E-state index contributed by atoms with van der Waals surface area (Å²) in [5, 5.41) is 6.07. The van der Waals surface area contributed by atoms with Gasteiger partial charge in [0, 0.05) is 6.54 Å². The number of ether oxygens (including phenoxy) is 1. The van der Waals surface area contributed by atoms with E-state index >= 15 is 0 Å². The monoisotopic (exact) mass is 313 g/mol. The second-order valence-electron chi connectivity index (χ2n) is 5.48. The summed E-state index contributed by atoms with van der Waals surface area (Å²) in [6.07, 6.45) is 2.64. The van der Waals surface area contributed by atoms with Crippen LogP contribution < -0.4 is 15.4 Å². The molecule has 0 saturated heterocycles. The largest absolute Gasteiger partial charge is 0.489 e. The SMILES string of the molecule is CCCNC(=O)c1ccc(Nc2ccccc2OC(C)C)cn1. The van der Waals surface area contributed by atoms with E-state index < -0.39 is 0 Å². The predicted octanol–water partition coefficient (Wildman–Crippen LogP) is 3.75. The minimum Gasteiger partial charge on any atom is -0.489 e. The number of nitrogens with one attached hydrogen (secondary N) is 2. The second-order valence-corrected chi connectivity index (χ2v) is 5.48. The Bertz CT molecular complexity index is 639. The van der Waals surface area contributed by atoms with Crippen molar-refractivity contribution in [1.82, 2.24) is 10.3 Å². The lowest BCUT2D eigenvalue weighted by atomic mass is 10.2. The molecule has 23 heavy (non-hydrogen) atoms. The van der Waals surface area contributed by atoms with E-state index in [0.29, 0.717) is 12.2 Å². The Morgan fingerprint density at radius 2 is 2.00 bits per heavy atom. The van der Waals surface area contributed by atoms with E-state index in [2.05, 4.69) is 15.6 Å². The molecule has 0 radical (unpaired) electrons. The van der Waals surface area contributed by atoms with Crippen molar-refractivity contribution in [2.75, 3.05) is 11.9 Å². The minimum absolute atomic E-state index is 0.0979. The topological polar surface area (TPSA) is 63.2 Å². The lowest BCUT2D eigenvalue weighted by Gasteiger charge is -2.15. The Morgan fingerprint density at radius 3 is 2.65 bits per heavy atom. The zero-order chi connectivity index (χ0) is 16.7. The Morgan fingerprint density at radius 1 is 1.22 bits per heavy atom. The maximum atomic E-state index is 11.8. The molecule has 1 aromatic heterocycles. The first-order valence-corrected chi connectivity index (χ1v) is 7.87. The number of aromatic nitrogens is 1. The molecule has 5 heteroatoms. The Kier molecular flexibility index (Phi) is 5.97. The zero-order valence-electron chi connectivity index (χ0n) is 13.8. The number of benzene rings is 1. The highest BCUT2D eigenvalue weighted by Crippen LogP contribution is 2.27. The van der Waals surface area contributed by atoms with Gasteiger partial charge in [0.1, 0.15) is 11.4 Å². The van der Waals surface area contributed by atoms with Crippen LogP contribution in [0.1, 0.15) is 37.7 Å². The molecule has 1 heterocycles. The number of rotatable bonds is 7. The molecule has 5 nitrogen and oxygen atoms in total. The molecule has 2 N–H and O–H groups in total. The van der Waals surface area contributed by atoms with E-state index in [0.717, 1.165) is 23.5 Å². The molecule has 0 atom stereocenters. The van der Waals surface area contributed by atoms with E-state index in [1.165, 1.54) is 0 Å². The molecule has 1 aromatic carbocycles. The fraction of sp³-hybridized carbons (Fsp3) is 0.333. The lowest BCUT2D eigenvalue weighted by Crippen LogP contribution is -2.24. The summed E-state index contributed by atoms with van der Waals surface area (Å²) in [7, 11) is 0. The summed E-state index contributed by atoms with van der Waals surface area (Å²) in [5.74, 6) is 0.634. The molecule has 2 aromatic rings. The summed E-state index contributed by atoms with van der Waals surface area (Å²) in [6.45, 7) is 6.64. The van der Waals surface area contributed by atoms with Gasteiger partial charge >= 0.3 is 0 Å². The van der Waals surface area contributed by atoms with Crippen LogP contribution >= 0.6 is 0 Å². The van der Waals surface area contributed by atoms with Gasteiger partial charge in [0.2, 0.25) is 0 Å². The van der Waals surface area contributed by atoms with Gasteiger partial charge in [0.15, 0.2) is 0 Å². The summed E-state index contributed by atoms with van der Waals surface area (Å²) in [5.41, 5.74) is 2.08. The van der Waals surface area contributed by atoms with Crippen LogP contribution in [-0.4, -0.2) is 23.5 Å². The Balaban J connectivity index is 2.08. The number of pyridine rings is 1. The first-order valence-electron chi connectivity index (χ1n) is 7.87. The maximum Gasteiger partial charge on any atom is 0.269 e. The fourth-order valence-electron chi connectivity index (χ4n) is 2.01. The van der Waals surface area contributed by atoms with Crippen LogP contribution in [0, 0.1) is 0 Å². The van der Waals surface area contributed by atoms with E-state index in [1.807, 2.05) is 51.1 Å². The van der Waals surface area contributed by atoms with Crippen LogP contribution in [0.3, 0.4) is 0 Å². The van der Waals surface area contributed by atoms with E-state index in [4.69, 9.17) is 4.74 Å². The number of hydrogen-bond donors (Lipinski definition) is 2. The molecule has 0 saturated carbocycles. The second kappa shape index (κ2) is 8.17. The van der Waals surface area contributed by atoms with Gasteiger partial charge in [-0.25, -0.2) is 4.98 Å².